The standard InChI is InChI=1S/C21H22N2O5/c1-14-12-21(25,16-5-7-17(26-2)8-6-16)23(22-14)20(24)10-4-15-3-9-18-19(11-15)28-13-27-18/h3,5-9,11,25H,4,10,12-13H2,1-2H3. The van der Waals surface area contributed by atoms with Gasteiger partial charge in [-0.15, -0.1) is 0 Å². The van der Waals surface area contributed by atoms with E-state index in [-0.39, 0.29) is 25.5 Å². The van der Waals surface area contributed by atoms with Crippen LogP contribution in [-0.4, -0.2) is 35.6 Å². The normalized spacial score (nSPS) is 20.2. The number of fused-ring (bicyclic) bond motifs is 1. The van der Waals surface area contributed by atoms with Gasteiger partial charge in [0.15, 0.2) is 17.2 Å². The average molecular weight is 382 g/mol. The van der Waals surface area contributed by atoms with Crippen LogP contribution in [0.25, 0.3) is 0 Å². The first-order valence-corrected chi connectivity index (χ1v) is 9.12. The molecule has 0 aliphatic carbocycles. The molecule has 2 aromatic carbocycles. The third kappa shape index (κ3) is 3.29. The van der Waals surface area contributed by atoms with E-state index in [1.165, 1.54) is 5.01 Å². The van der Waals surface area contributed by atoms with Gasteiger partial charge in [0.25, 0.3) is 0 Å². The molecular weight excluding hydrogens is 360 g/mol. The van der Waals surface area contributed by atoms with E-state index in [1.807, 2.05) is 18.2 Å². The Hall–Kier alpha value is -3.06. The highest BCUT2D eigenvalue weighted by Crippen LogP contribution is 2.37. The summed E-state index contributed by atoms with van der Waals surface area (Å²) in [7, 11) is 1.58. The maximum absolute atomic E-state index is 12.9. The molecule has 1 atom stereocenters. The molecule has 0 fully saturated rings. The summed E-state index contributed by atoms with van der Waals surface area (Å²) in [6.45, 7) is 2.02. The van der Waals surface area contributed by atoms with Gasteiger partial charge in [-0.2, -0.15) is 10.1 Å². The highest BCUT2D eigenvalue weighted by molar-refractivity contribution is 5.89. The fourth-order valence-corrected chi connectivity index (χ4v) is 3.52. The minimum atomic E-state index is -1.48. The van der Waals surface area contributed by atoms with Crippen molar-refractivity contribution in [1.29, 1.82) is 0 Å². The van der Waals surface area contributed by atoms with E-state index >= 15 is 0 Å². The summed E-state index contributed by atoms with van der Waals surface area (Å²) in [5.41, 5.74) is 0.785. The third-order valence-corrected chi connectivity index (χ3v) is 4.98. The Morgan fingerprint density at radius 1 is 1.21 bits per heavy atom. The fourth-order valence-electron chi connectivity index (χ4n) is 3.52. The molecule has 0 saturated heterocycles. The summed E-state index contributed by atoms with van der Waals surface area (Å²) in [6, 6.07) is 12.7. The lowest BCUT2D eigenvalue weighted by Gasteiger charge is -2.31. The Labute approximate surface area is 163 Å². The van der Waals surface area contributed by atoms with Crippen molar-refractivity contribution in [2.75, 3.05) is 13.9 Å². The summed E-state index contributed by atoms with van der Waals surface area (Å²) in [5.74, 6) is 1.84. The van der Waals surface area contributed by atoms with Crippen LogP contribution in [0.4, 0.5) is 0 Å². The van der Waals surface area contributed by atoms with Gasteiger partial charge in [0, 0.05) is 24.1 Å². The molecule has 1 N–H and O–H groups in total. The van der Waals surface area contributed by atoms with Gasteiger partial charge >= 0.3 is 0 Å². The Bertz CT molecular complexity index is 925. The minimum absolute atomic E-state index is 0.217. The molecule has 7 nitrogen and oxygen atoms in total. The molecule has 2 heterocycles. The molecule has 0 bridgehead atoms. The van der Waals surface area contributed by atoms with Gasteiger partial charge in [0.2, 0.25) is 12.7 Å². The van der Waals surface area contributed by atoms with Crippen molar-refractivity contribution in [2.24, 2.45) is 5.10 Å². The molecule has 2 aromatic rings. The number of amides is 1. The van der Waals surface area contributed by atoms with Crippen molar-refractivity contribution in [3.63, 3.8) is 0 Å². The molecule has 1 amide bonds. The van der Waals surface area contributed by atoms with Gasteiger partial charge in [-0.3, -0.25) is 4.79 Å². The second-order valence-corrected chi connectivity index (χ2v) is 6.95. The van der Waals surface area contributed by atoms with Gasteiger partial charge in [0.1, 0.15) is 5.75 Å². The van der Waals surface area contributed by atoms with Crippen molar-refractivity contribution in [1.82, 2.24) is 5.01 Å². The number of rotatable bonds is 5. The lowest BCUT2D eigenvalue weighted by molar-refractivity contribution is -0.157. The molecule has 7 heteroatoms. The Morgan fingerprint density at radius 3 is 2.71 bits per heavy atom. The number of carbonyl (C=O) groups is 1. The number of hydrogen-bond donors (Lipinski definition) is 1. The first-order chi connectivity index (χ1) is 13.5. The van der Waals surface area contributed by atoms with Crippen molar-refractivity contribution in [3.05, 3.63) is 53.6 Å². The van der Waals surface area contributed by atoms with Crippen LogP contribution in [0.2, 0.25) is 0 Å². The fraction of sp³-hybridized carbons (Fsp3) is 0.333. The predicted molar refractivity (Wildman–Crippen MR) is 102 cm³/mol. The van der Waals surface area contributed by atoms with E-state index < -0.39 is 5.72 Å². The number of hydrogen-bond acceptors (Lipinski definition) is 6. The number of carbonyl (C=O) groups excluding carboxylic acids is 1. The molecule has 0 aromatic heterocycles. The van der Waals surface area contributed by atoms with Gasteiger partial charge in [0.05, 0.1) is 7.11 Å². The maximum Gasteiger partial charge on any atom is 0.245 e. The highest BCUT2D eigenvalue weighted by atomic mass is 16.7. The average Bonchev–Trinajstić information content (AvgIpc) is 3.30. The van der Waals surface area contributed by atoms with E-state index in [4.69, 9.17) is 14.2 Å². The quantitative estimate of drug-likeness (QED) is 0.860. The molecule has 0 saturated carbocycles. The van der Waals surface area contributed by atoms with Crippen molar-refractivity contribution < 1.29 is 24.1 Å². The number of aliphatic hydroxyl groups is 1. The van der Waals surface area contributed by atoms with Gasteiger partial charge in [-0.05, 0) is 43.2 Å². The second kappa shape index (κ2) is 7.16. The molecule has 0 spiro atoms. The smallest absolute Gasteiger partial charge is 0.245 e. The zero-order chi connectivity index (χ0) is 19.7. The monoisotopic (exact) mass is 382 g/mol. The van der Waals surface area contributed by atoms with Gasteiger partial charge < -0.3 is 19.3 Å². The largest absolute Gasteiger partial charge is 0.497 e. The van der Waals surface area contributed by atoms with Gasteiger partial charge in [-0.1, -0.05) is 18.2 Å². The molecule has 0 radical (unpaired) electrons. The van der Waals surface area contributed by atoms with Crippen molar-refractivity contribution in [2.45, 2.75) is 31.9 Å². The number of hydrazone groups is 1. The first kappa shape index (κ1) is 18.3. The zero-order valence-electron chi connectivity index (χ0n) is 15.8. The van der Waals surface area contributed by atoms with E-state index in [0.29, 0.717) is 34.9 Å². The summed E-state index contributed by atoms with van der Waals surface area (Å²) in [4.78, 5) is 12.9. The van der Waals surface area contributed by atoms with E-state index in [1.54, 1.807) is 38.3 Å². The Kier molecular flexibility index (Phi) is 4.68. The molecule has 28 heavy (non-hydrogen) atoms. The summed E-state index contributed by atoms with van der Waals surface area (Å²) in [5, 5.41) is 16.8. The number of methoxy groups -OCH3 is 1. The third-order valence-electron chi connectivity index (χ3n) is 4.98. The van der Waals surface area contributed by atoms with E-state index in [2.05, 4.69) is 5.10 Å². The number of benzene rings is 2. The molecule has 2 aliphatic heterocycles. The van der Waals surface area contributed by atoms with Crippen LogP contribution in [0.15, 0.2) is 47.6 Å². The lowest BCUT2D eigenvalue weighted by atomic mass is 9.97. The summed E-state index contributed by atoms with van der Waals surface area (Å²) >= 11 is 0. The zero-order valence-corrected chi connectivity index (χ0v) is 15.8. The predicted octanol–water partition coefficient (Wildman–Crippen LogP) is 2.81. The topological polar surface area (TPSA) is 80.6 Å². The van der Waals surface area contributed by atoms with Crippen LogP contribution in [0.3, 0.4) is 0 Å². The molecule has 146 valence electrons. The van der Waals surface area contributed by atoms with Crippen molar-refractivity contribution >= 4 is 11.6 Å². The molecular formula is C21H22N2O5. The van der Waals surface area contributed by atoms with Crippen molar-refractivity contribution in [3.8, 4) is 17.2 Å². The van der Waals surface area contributed by atoms with Crippen LogP contribution in [0.1, 0.15) is 30.9 Å². The van der Waals surface area contributed by atoms with Crippen LogP contribution in [0, 0.1) is 0 Å². The number of nitrogens with zero attached hydrogens (tertiary/aromatic N) is 2. The highest BCUT2D eigenvalue weighted by Gasteiger charge is 2.44. The second-order valence-electron chi connectivity index (χ2n) is 6.95. The first-order valence-electron chi connectivity index (χ1n) is 9.12. The SMILES string of the molecule is COc1ccc(C2(O)CC(C)=NN2C(=O)CCc2ccc3c(c2)OCO3)cc1. The van der Waals surface area contributed by atoms with Gasteiger partial charge in [-0.25, -0.2) is 0 Å². The lowest BCUT2D eigenvalue weighted by Crippen LogP contribution is -2.43. The van der Waals surface area contributed by atoms with E-state index in [9.17, 15) is 9.90 Å². The summed E-state index contributed by atoms with van der Waals surface area (Å²) < 4.78 is 15.9. The van der Waals surface area contributed by atoms with E-state index in [0.717, 1.165) is 5.56 Å². The molecule has 1 unspecified atom stereocenters. The number of ether oxygens (including phenoxy) is 3. The van der Waals surface area contributed by atoms with Crippen LogP contribution in [0.5, 0.6) is 17.2 Å². The summed E-state index contributed by atoms with van der Waals surface area (Å²) in [6.07, 6.45) is 1.00. The molecule has 4 rings (SSSR count). The Balaban J connectivity index is 1.49. The van der Waals surface area contributed by atoms with Crippen LogP contribution in [-0.2, 0) is 16.9 Å². The molecule has 2 aliphatic rings. The van der Waals surface area contributed by atoms with Crippen LogP contribution >= 0.6 is 0 Å². The Morgan fingerprint density at radius 2 is 1.96 bits per heavy atom. The van der Waals surface area contributed by atoms with Crippen LogP contribution < -0.4 is 14.2 Å². The maximum atomic E-state index is 12.9. The number of aryl methyl sites for hydroxylation is 1. The minimum Gasteiger partial charge on any atom is -0.497 e.